The zero-order valence-corrected chi connectivity index (χ0v) is 18.9. The number of benzene rings is 2. The number of carbonyl (C=O) groups is 2. The molecule has 1 fully saturated rings. The van der Waals surface area contributed by atoms with Gasteiger partial charge in [0.2, 0.25) is 5.91 Å². The van der Waals surface area contributed by atoms with Gasteiger partial charge >= 0.3 is 0 Å². The van der Waals surface area contributed by atoms with Crippen molar-refractivity contribution in [3.05, 3.63) is 62.1 Å². The molecule has 3 rings (SSSR count). The molecule has 170 valence electrons. The fraction of sp³-hybridized carbons (Fsp3) is 0.333. The Hall–Kier alpha value is -2.88. The van der Waals surface area contributed by atoms with Crippen molar-refractivity contribution in [1.29, 1.82) is 0 Å². The molecule has 0 atom stereocenters. The average molecular weight is 481 g/mol. The molecule has 0 saturated carbocycles. The van der Waals surface area contributed by atoms with Crippen LogP contribution < -0.4 is 10.1 Å². The first-order valence-corrected chi connectivity index (χ1v) is 10.7. The van der Waals surface area contributed by atoms with E-state index in [1.807, 2.05) is 4.90 Å². The summed E-state index contributed by atoms with van der Waals surface area (Å²) in [4.78, 5) is 38.5. The molecular formula is C21H22Cl2N4O5. The maximum Gasteiger partial charge on any atom is 0.271 e. The number of hydrogen-bond acceptors (Lipinski definition) is 6. The minimum absolute atomic E-state index is 0.0433. The third-order valence-corrected chi connectivity index (χ3v) is 5.63. The lowest BCUT2D eigenvalue weighted by Gasteiger charge is -2.34. The van der Waals surface area contributed by atoms with Crippen LogP contribution in [0.3, 0.4) is 0 Å². The van der Waals surface area contributed by atoms with Crippen LogP contribution in [0.2, 0.25) is 10.0 Å². The van der Waals surface area contributed by atoms with Crippen LogP contribution in [0.1, 0.15) is 17.3 Å². The van der Waals surface area contributed by atoms with Crippen molar-refractivity contribution in [2.45, 2.75) is 6.92 Å². The summed E-state index contributed by atoms with van der Waals surface area (Å²) in [6, 6.07) is 8.50. The average Bonchev–Trinajstić information content (AvgIpc) is 2.76. The molecule has 11 heteroatoms. The quantitative estimate of drug-likeness (QED) is 0.478. The highest BCUT2D eigenvalue weighted by molar-refractivity contribution is 6.34. The van der Waals surface area contributed by atoms with Gasteiger partial charge in [-0.3, -0.25) is 24.6 Å². The number of rotatable bonds is 7. The van der Waals surface area contributed by atoms with Crippen molar-refractivity contribution in [2.24, 2.45) is 0 Å². The molecule has 0 aromatic heterocycles. The van der Waals surface area contributed by atoms with Gasteiger partial charge in [0.05, 0.1) is 21.2 Å². The van der Waals surface area contributed by atoms with E-state index in [4.69, 9.17) is 27.9 Å². The Bertz CT molecular complexity index is 1030. The zero-order chi connectivity index (χ0) is 23.3. The molecule has 0 unspecified atom stereocenters. The van der Waals surface area contributed by atoms with Crippen molar-refractivity contribution in [3.8, 4) is 5.75 Å². The molecule has 0 radical (unpaired) electrons. The summed E-state index contributed by atoms with van der Waals surface area (Å²) in [5, 5.41) is 13.9. The minimum Gasteiger partial charge on any atom is -0.491 e. The van der Waals surface area contributed by atoms with Gasteiger partial charge in [0.25, 0.3) is 11.6 Å². The number of non-ortho nitro benzene ring substituents is 1. The van der Waals surface area contributed by atoms with E-state index in [2.05, 4.69) is 10.2 Å². The number of nitrogens with zero attached hydrogens (tertiary/aromatic N) is 3. The summed E-state index contributed by atoms with van der Waals surface area (Å²) in [6.07, 6.45) is 0. The second-order valence-corrected chi connectivity index (χ2v) is 8.06. The number of nitro benzene ring substituents is 1. The largest absolute Gasteiger partial charge is 0.491 e. The van der Waals surface area contributed by atoms with Crippen LogP contribution in [-0.2, 0) is 4.79 Å². The molecule has 2 aromatic rings. The van der Waals surface area contributed by atoms with E-state index in [1.54, 1.807) is 19.1 Å². The number of halogens is 2. The van der Waals surface area contributed by atoms with Gasteiger partial charge in [-0.2, -0.15) is 0 Å². The van der Waals surface area contributed by atoms with Gasteiger partial charge in [-0.1, -0.05) is 23.2 Å². The summed E-state index contributed by atoms with van der Waals surface area (Å²) < 4.78 is 5.84. The Morgan fingerprint density at radius 1 is 1.12 bits per heavy atom. The molecule has 0 bridgehead atoms. The summed E-state index contributed by atoms with van der Waals surface area (Å²) >= 11 is 12.1. The Labute approximate surface area is 195 Å². The molecule has 1 aliphatic rings. The lowest BCUT2D eigenvalue weighted by molar-refractivity contribution is -0.384. The number of ether oxygens (including phenoxy) is 1. The number of hydrogen-bond donors (Lipinski definition) is 1. The first-order valence-electron chi connectivity index (χ1n) is 9.90. The van der Waals surface area contributed by atoms with E-state index in [9.17, 15) is 19.7 Å². The van der Waals surface area contributed by atoms with Crippen LogP contribution in [0.5, 0.6) is 5.75 Å². The minimum atomic E-state index is -0.569. The van der Waals surface area contributed by atoms with Crippen LogP contribution >= 0.6 is 23.2 Å². The number of anilines is 1. The lowest BCUT2D eigenvalue weighted by Crippen LogP contribution is -2.48. The second kappa shape index (κ2) is 10.6. The lowest BCUT2D eigenvalue weighted by atomic mass is 10.1. The van der Waals surface area contributed by atoms with Gasteiger partial charge in [-0.15, -0.1) is 0 Å². The van der Waals surface area contributed by atoms with Crippen molar-refractivity contribution in [3.63, 3.8) is 0 Å². The topological polar surface area (TPSA) is 105 Å². The Morgan fingerprint density at radius 3 is 2.47 bits per heavy atom. The van der Waals surface area contributed by atoms with Crippen molar-refractivity contribution >= 4 is 46.4 Å². The monoisotopic (exact) mass is 480 g/mol. The second-order valence-electron chi connectivity index (χ2n) is 7.21. The van der Waals surface area contributed by atoms with Gasteiger partial charge < -0.3 is 15.0 Å². The third kappa shape index (κ3) is 6.09. The molecular weight excluding hydrogens is 459 g/mol. The number of nitro groups is 1. The van der Waals surface area contributed by atoms with E-state index >= 15 is 0 Å². The Kier molecular flexibility index (Phi) is 7.89. The van der Waals surface area contributed by atoms with Gasteiger partial charge in [-0.25, -0.2) is 0 Å². The predicted molar refractivity (Wildman–Crippen MR) is 122 cm³/mol. The molecule has 1 saturated heterocycles. The number of nitrogens with one attached hydrogen (secondary N) is 1. The smallest absolute Gasteiger partial charge is 0.271 e. The summed E-state index contributed by atoms with van der Waals surface area (Å²) in [7, 11) is 0. The number of amides is 2. The maximum atomic E-state index is 12.8. The molecule has 1 heterocycles. The van der Waals surface area contributed by atoms with Gasteiger partial charge in [0.1, 0.15) is 12.4 Å². The van der Waals surface area contributed by atoms with E-state index in [0.29, 0.717) is 37.0 Å². The molecule has 1 N–H and O–H groups in total. The molecule has 32 heavy (non-hydrogen) atoms. The van der Waals surface area contributed by atoms with Gasteiger partial charge in [-0.05, 0) is 24.3 Å². The van der Waals surface area contributed by atoms with Crippen molar-refractivity contribution in [2.75, 3.05) is 44.6 Å². The van der Waals surface area contributed by atoms with Crippen molar-refractivity contribution in [1.82, 2.24) is 9.80 Å². The highest BCUT2D eigenvalue weighted by Crippen LogP contribution is 2.29. The molecule has 0 aliphatic carbocycles. The Morgan fingerprint density at radius 2 is 1.84 bits per heavy atom. The van der Waals surface area contributed by atoms with Crippen LogP contribution in [0.25, 0.3) is 0 Å². The van der Waals surface area contributed by atoms with Crippen LogP contribution in [-0.4, -0.2) is 65.9 Å². The van der Waals surface area contributed by atoms with Gasteiger partial charge in [0.15, 0.2) is 0 Å². The standard InChI is InChI=1S/C21H22Cl2N4O5/c1-14(28)26-8-6-25(7-9-26)10-11-32-20-5-2-15(22)12-17(20)21(29)24-19-4-3-16(27(30)31)13-18(19)23/h2-5,12-13H,6-11H2,1H3,(H,24,29). The zero-order valence-electron chi connectivity index (χ0n) is 17.3. The van der Waals surface area contributed by atoms with E-state index < -0.39 is 10.8 Å². The first kappa shape index (κ1) is 23.8. The normalized spacial score (nSPS) is 14.2. The summed E-state index contributed by atoms with van der Waals surface area (Å²) in [6.45, 7) is 5.44. The fourth-order valence-electron chi connectivity index (χ4n) is 3.29. The van der Waals surface area contributed by atoms with Crippen LogP contribution in [0, 0.1) is 10.1 Å². The molecule has 2 aromatic carbocycles. The van der Waals surface area contributed by atoms with E-state index in [1.165, 1.54) is 24.3 Å². The maximum absolute atomic E-state index is 12.8. The van der Waals surface area contributed by atoms with Gasteiger partial charge in [0, 0.05) is 56.8 Å². The van der Waals surface area contributed by atoms with E-state index in [-0.39, 0.29) is 27.9 Å². The van der Waals surface area contributed by atoms with Crippen molar-refractivity contribution < 1.29 is 19.2 Å². The molecule has 9 nitrogen and oxygen atoms in total. The summed E-state index contributed by atoms with van der Waals surface area (Å²) in [5.74, 6) is -0.0773. The third-order valence-electron chi connectivity index (χ3n) is 5.08. The molecule has 1 aliphatic heterocycles. The highest BCUT2D eigenvalue weighted by atomic mass is 35.5. The Balaban J connectivity index is 1.63. The van der Waals surface area contributed by atoms with E-state index in [0.717, 1.165) is 13.1 Å². The number of carbonyl (C=O) groups excluding carboxylic acids is 2. The molecule has 0 spiro atoms. The molecule has 2 amide bonds. The first-order chi connectivity index (χ1) is 15.2. The predicted octanol–water partition coefficient (Wildman–Crippen LogP) is 3.70. The van der Waals surface area contributed by atoms with Crippen LogP contribution in [0.15, 0.2) is 36.4 Å². The van der Waals surface area contributed by atoms with Crippen LogP contribution in [0.4, 0.5) is 11.4 Å². The summed E-state index contributed by atoms with van der Waals surface area (Å²) in [5.41, 5.74) is 0.272. The fourth-order valence-corrected chi connectivity index (χ4v) is 3.68. The highest BCUT2D eigenvalue weighted by Gasteiger charge is 2.20. The number of piperazine rings is 1. The SMILES string of the molecule is CC(=O)N1CCN(CCOc2ccc(Cl)cc2C(=O)Nc2ccc([N+](=O)[O-])cc2Cl)CC1.